The fraction of sp³-hybridized carbons (Fsp3) is 0.0625. The molecular weight excluding hydrogens is 270 g/mol. The average Bonchev–Trinajstić information content (AvgIpc) is 2.67. The highest BCUT2D eigenvalue weighted by atomic mass is 35.5. The van der Waals surface area contributed by atoms with Gasteiger partial charge >= 0.3 is 0 Å². The number of rotatable bonds is 2. The van der Waals surface area contributed by atoms with Crippen LogP contribution in [0, 0.1) is 0 Å². The maximum Gasteiger partial charge on any atom is 0.122 e. The average molecular weight is 284 g/mol. The lowest BCUT2D eigenvalue weighted by atomic mass is 10.0. The lowest BCUT2D eigenvalue weighted by Crippen LogP contribution is -2.14. The van der Waals surface area contributed by atoms with Crippen LogP contribution < -0.4 is 10.6 Å². The highest BCUT2D eigenvalue weighted by Gasteiger charge is 2.15. The van der Waals surface area contributed by atoms with Crippen molar-refractivity contribution in [1.29, 1.82) is 0 Å². The molecule has 0 unspecified atom stereocenters. The number of aliphatic imine (C=N–C) groups is 1. The van der Waals surface area contributed by atoms with Crippen molar-refractivity contribution in [2.45, 2.75) is 0 Å². The van der Waals surface area contributed by atoms with Gasteiger partial charge in [-0.25, -0.2) is 0 Å². The van der Waals surface area contributed by atoms with Crippen molar-refractivity contribution in [1.82, 2.24) is 5.32 Å². The normalized spacial score (nSPS) is 13.5. The first-order valence-corrected chi connectivity index (χ1v) is 6.74. The summed E-state index contributed by atoms with van der Waals surface area (Å²) < 4.78 is 0. The summed E-state index contributed by atoms with van der Waals surface area (Å²) in [6, 6.07) is 15.9. The molecule has 0 atom stereocenters. The first kappa shape index (κ1) is 12.8. The third-order valence-corrected chi connectivity index (χ3v) is 3.38. The Kier molecular flexibility index (Phi) is 3.44. The van der Waals surface area contributed by atoms with Gasteiger partial charge in [0.15, 0.2) is 0 Å². The summed E-state index contributed by atoms with van der Waals surface area (Å²) in [5, 5.41) is 7.09. The van der Waals surface area contributed by atoms with E-state index in [1.807, 2.05) is 55.6 Å². The number of nitrogens with one attached hydrogen (secondary N) is 2. The van der Waals surface area contributed by atoms with E-state index in [1.54, 1.807) is 6.20 Å². The number of nitrogens with zero attached hydrogens (tertiary/aromatic N) is 1. The number of hydrogen-bond acceptors (Lipinski definition) is 3. The van der Waals surface area contributed by atoms with Gasteiger partial charge < -0.3 is 10.6 Å². The van der Waals surface area contributed by atoms with Crippen LogP contribution in [-0.2, 0) is 0 Å². The third-order valence-electron chi connectivity index (χ3n) is 3.15. The van der Waals surface area contributed by atoms with Crippen LogP contribution in [0.1, 0.15) is 11.1 Å². The molecule has 20 heavy (non-hydrogen) atoms. The van der Waals surface area contributed by atoms with E-state index in [1.165, 1.54) is 0 Å². The summed E-state index contributed by atoms with van der Waals surface area (Å²) in [6.07, 6.45) is 1.79. The lowest BCUT2D eigenvalue weighted by Gasteiger charge is -2.12. The Morgan fingerprint density at radius 1 is 1.10 bits per heavy atom. The predicted octanol–water partition coefficient (Wildman–Crippen LogP) is 3.62. The maximum atomic E-state index is 6.14. The van der Waals surface area contributed by atoms with Crippen LogP contribution in [0.25, 0.3) is 0 Å². The van der Waals surface area contributed by atoms with Crippen LogP contribution >= 0.6 is 11.6 Å². The number of fused-ring (bicyclic) bond motifs is 1. The Morgan fingerprint density at radius 3 is 2.65 bits per heavy atom. The standard InChI is InChI=1S/C16H14ClN3/c1-18-15-10-19-16(11-5-3-2-4-6-11)13-9-12(17)7-8-14(13)20-15/h2-10,18,20H,1H3. The van der Waals surface area contributed by atoms with Crippen molar-refractivity contribution in [2.24, 2.45) is 4.99 Å². The van der Waals surface area contributed by atoms with Crippen molar-refractivity contribution < 1.29 is 0 Å². The van der Waals surface area contributed by atoms with E-state index in [0.717, 1.165) is 28.3 Å². The van der Waals surface area contributed by atoms with Gasteiger partial charge in [-0.1, -0.05) is 41.9 Å². The van der Waals surface area contributed by atoms with Crippen LogP contribution in [0.3, 0.4) is 0 Å². The minimum absolute atomic E-state index is 0.696. The zero-order valence-electron chi connectivity index (χ0n) is 11.0. The summed E-state index contributed by atoms with van der Waals surface area (Å²) in [5.41, 5.74) is 3.94. The summed E-state index contributed by atoms with van der Waals surface area (Å²) in [7, 11) is 1.86. The molecule has 1 aliphatic heterocycles. The summed E-state index contributed by atoms with van der Waals surface area (Å²) in [6.45, 7) is 0. The number of benzene rings is 2. The molecule has 2 aromatic rings. The highest BCUT2D eigenvalue weighted by Crippen LogP contribution is 2.26. The summed E-state index contributed by atoms with van der Waals surface area (Å²) in [5.74, 6) is 0.847. The maximum absolute atomic E-state index is 6.14. The first-order valence-electron chi connectivity index (χ1n) is 6.36. The SMILES string of the molecule is CNC1=CN=C(c2ccccc2)c2cc(Cl)ccc2N1. The molecule has 3 nitrogen and oxygen atoms in total. The summed E-state index contributed by atoms with van der Waals surface area (Å²) >= 11 is 6.14. The van der Waals surface area contributed by atoms with Crippen molar-refractivity contribution in [3.63, 3.8) is 0 Å². The van der Waals surface area contributed by atoms with Crippen LogP contribution in [0.4, 0.5) is 5.69 Å². The van der Waals surface area contributed by atoms with Crippen molar-refractivity contribution in [3.8, 4) is 0 Å². The summed E-state index contributed by atoms with van der Waals surface area (Å²) in [4.78, 5) is 4.60. The largest absolute Gasteiger partial charge is 0.373 e. The lowest BCUT2D eigenvalue weighted by molar-refractivity contribution is 0.990. The fourth-order valence-corrected chi connectivity index (χ4v) is 2.32. The second-order valence-electron chi connectivity index (χ2n) is 4.45. The van der Waals surface area contributed by atoms with Crippen LogP contribution in [0.2, 0.25) is 5.02 Å². The van der Waals surface area contributed by atoms with Gasteiger partial charge in [0.1, 0.15) is 5.82 Å². The highest BCUT2D eigenvalue weighted by molar-refractivity contribution is 6.31. The fourth-order valence-electron chi connectivity index (χ4n) is 2.15. The second kappa shape index (κ2) is 5.39. The zero-order valence-corrected chi connectivity index (χ0v) is 11.8. The number of anilines is 1. The molecule has 3 rings (SSSR count). The van der Waals surface area contributed by atoms with E-state index in [9.17, 15) is 0 Å². The predicted molar refractivity (Wildman–Crippen MR) is 84.3 cm³/mol. The molecular formula is C16H14ClN3. The van der Waals surface area contributed by atoms with E-state index in [0.29, 0.717) is 5.02 Å². The first-order chi connectivity index (χ1) is 9.78. The van der Waals surface area contributed by atoms with E-state index < -0.39 is 0 Å². The molecule has 0 spiro atoms. The Bertz CT molecular complexity index is 690. The van der Waals surface area contributed by atoms with Gasteiger partial charge in [-0.15, -0.1) is 0 Å². The van der Waals surface area contributed by atoms with Gasteiger partial charge in [-0.2, -0.15) is 0 Å². The Balaban J connectivity index is 2.19. The molecule has 2 aromatic carbocycles. The number of hydrogen-bond donors (Lipinski definition) is 2. The molecule has 0 fully saturated rings. The molecule has 0 saturated carbocycles. The molecule has 2 N–H and O–H groups in total. The van der Waals surface area contributed by atoms with Crippen molar-refractivity contribution in [3.05, 3.63) is 76.7 Å². The van der Waals surface area contributed by atoms with Crippen LogP contribution in [-0.4, -0.2) is 12.8 Å². The minimum atomic E-state index is 0.696. The second-order valence-corrected chi connectivity index (χ2v) is 4.89. The molecule has 0 amide bonds. The van der Waals surface area contributed by atoms with Gasteiger partial charge in [0.05, 0.1) is 11.9 Å². The molecule has 1 heterocycles. The van der Waals surface area contributed by atoms with E-state index in [-0.39, 0.29) is 0 Å². The van der Waals surface area contributed by atoms with Gasteiger partial charge in [0, 0.05) is 28.9 Å². The Morgan fingerprint density at radius 2 is 1.90 bits per heavy atom. The quantitative estimate of drug-likeness (QED) is 0.883. The Labute approximate surface area is 123 Å². The molecule has 0 aromatic heterocycles. The molecule has 0 aliphatic carbocycles. The smallest absolute Gasteiger partial charge is 0.122 e. The van der Waals surface area contributed by atoms with Gasteiger partial charge in [0.25, 0.3) is 0 Å². The van der Waals surface area contributed by atoms with Crippen molar-refractivity contribution in [2.75, 3.05) is 12.4 Å². The topological polar surface area (TPSA) is 36.4 Å². The number of halogens is 1. The van der Waals surface area contributed by atoms with Gasteiger partial charge in [-0.05, 0) is 18.2 Å². The van der Waals surface area contributed by atoms with E-state index >= 15 is 0 Å². The van der Waals surface area contributed by atoms with Gasteiger partial charge in [-0.3, -0.25) is 4.99 Å². The van der Waals surface area contributed by atoms with E-state index in [4.69, 9.17) is 11.6 Å². The molecule has 0 radical (unpaired) electrons. The third kappa shape index (κ3) is 2.40. The molecule has 100 valence electrons. The monoisotopic (exact) mass is 283 g/mol. The Hall–Kier alpha value is -2.26. The van der Waals surface area contributed by atoms with Gasteiger partial charge in [0.2, 0.25) is 0 Å². The van der Waals surface area contributed by atoms with Crippen LogP contribution in [0.15, 0.2) is 65.5 Å². The minimum Gasteiger partial charge on any atom is -0.373 e. The molecule has 4 heteroatoms. The zero-order chi connectivity index (χ0) is 13.9. The molecule has 0 bridgehead atoms. The molecule has 1 aliphatic rings. The van der Waals surface area contributed by atoms with Crippen molar-refractivity contribution >= 4 is 23.0 Å². The van der Waals surface area contributed by atoms with Crippen LogP contribution in [0.5, 0.6) is 0 Å². The molecule has 0 saturated heterocycles. The van der Waals surface area contributed by atoms with E-state index in [2.05, 4.69) is 15.6 Å².